The molecular weight excluding hydrogens is 517 g/mol. The summed E-state index contributed by atoms with van der Waals surface area (Å²) < 4.78 is 54.0. The maximum atomic E-state index is 13.0. The fourth-order valence-electron chi connectivity index (χ4n) is 2.56. The van der Waals surface area contributed by atoms with Gasteiger partial charge >= 0.3 is 0 Å². The van der Waals surface area contributed by atoms with Crippen molar-refractivity contribution in [3.63, 3.8) is 0 Å². The van der Waals surface area contributed by atoms with Crippen molar-refractivity contribution in [3.05, 3.63) is 61.9 Å². The first-order chi connectivity index (χ1) is 14.1. The van der Waals surface area contributed by atoms with Gasteiger partial charge < -0.3 is 5.32 Å². The van der Waals surface area contributed by atoms with Crippen molar-refractivity contribution >= 4 is 50.9 Å². The molecule has 0 radical (unpaired) electrons. The van der Waals surface area contributed by atoms with Gasteiger partial charge in [-0.25, -0.2) is 17.6 Å². The molecule has 3 aromatic rings. The van der Waals surface area contributed by atoms with Crippen LogP contribution in [0.2, 0.25) is 10.0 Å². The molecule has 0 spiro atoms. The topological polar surface area (TPSA) is 64.7 Å². The molecule has 1 N–H and O–H groups in total. The Morgan fingerprint density at radius 2 is 1.87 bits per heavy atom. The van der Waals surface area contributed by atoms with Crippen LogP contribution in [0.25, 0.3) is 0 Å². The van der Waals surface area contributed by atoms with E-state index in [0.29, 0.717) is 25.3 Å². The Hall–Kier alpha value is -2.11. The number of anilines is 1. The fourth-order valence-corrected chi connectivity index (χ4v) is 3.44. The molecule has 0 atom stereocenters. The van der Waals surface area contributed by atoms with E-state index in [1.54, 1.807) is 24.4 Å². The Morgan fingerprint density at radius 3 is 2.50 bits per heavy atom. The third kappa shape index (κ3) is 5.32. The zero-order valence-electron chi connectivity index (χ0n) is 14.8. The molecule has 1 amide bonds. The summed E-state index contributed by atoms with van der Waals surface area (Å²) >= 11 is 15.2. The zero-order chi connectivity index (χ0) is 22.0. The molecular formula is C17H12BrCl2F4N5O. The Kier molecular flexibility index (Phi) is 7.04. The molecule has 3 rings (SSSR count). The highest BCUT2D eigenvalue weighted by Gasteiger charge is 2.23. The van der Waals surface area contributed by atoms with Crippen molar-refractivity contribution in [3.8, 4) is 0 Å². The number of nitrogens with zero attached hydrogens (tertiary/aromatic N) is 4. The van der Waals surface area contributed by atoms with Gasteiger partial charge in [0.25, 0.3) is 12.9 Å². The predicted molar refractivity (Wildman–Crippen MR) is 106 cm³/mol. The summed E-state index contributed by atoms with van der Waals surface area (Å²) in [6, 6.07) is 5.55. The predicted octanol–water partition coefficient (Wildman–Crippen LogP) is 5.71. The van der Waals surface area contributed by atoms with Crippen molar-refractivity contribution in [1.82, 2.24) is 19.6 Å². The smallest absolute Gasteiger partial charge is 0.282 e. The second-order valence-electron chi connectivity index (χ2n) is 6.06. The van der Waals surface area contributed by atoms with E-state index < -0.39 is 36.7 Å². The minimum absolute atomic E-state index is 0.116. The van der Waals surface area contributed by atoms with Crippen LogP contribution >= 0.6 is 39.1 Å². The Morgan fingerprint density at radius 1 is 1.13 bits per heavy atom. The van der Waals surface area contributed by atoms with Gasteiger partial charge in [-0.3, -0.25) is 14.2 Å². The molecule has 2 heterocycles. The average molecular weight is 529 g/mol. The number of carbonyl (C=O) groups is 1. The summed E-state index contributed by atoms with van der Waals surface area (Å²) in [6.07, 6.45) is -4.52. The zero-order valence-corrected chi connectivity index (χ0v) is 17.9. The SMILES string of the molecule is O=C(Cn1nc(C(F)F)cc1C(F)F)Nc1nn(Cc2ccc(Cl)cc2Cl)cc1Br. The van der Waals surface area contributed by atoms with E-state index in [4.69, 9.17) is 23.2 Å². The average Bonchev–Trinajstić information content (AvgIpc) is 3.21. The van der Waals surface area contributed by atoms with Crippen LogP contribution in [-0.4, -0.2) is 25.5 Å². The highest BCUT2D eigenvalue weighted by molar-refractivity contribution is 9.10. The molecule has 13 heteroatoms. The van der Waals surface area contributed by atoms with Crippen LogP contribution in [0.1, 0.15) is 29.8 Å². The molecule has 0 unspecified atom stereocenters. The largest absolute Gasteiger partial charge is 0.307 e. The number of hydrogen-bond acceptors (Lipinski definition) is 3. The molecule has 0 aliphatic carbocycles. The number of halogens is 7. The summed E-state index contributed by atoms with van der Waals surface area (Å²) in [5.74, 6) is -0.652. The molecule has 1 aromatic carbocycles. The Bertz CT molecular complexity index is 1070. The van der Waals surface area contributed by atoms with Gasteiger partial charge in [0.05, 0.1) is 11.0 Å². The van der Waals surface area contributed by atoms with Crippen molar-refractivity contribution in [1.29, 1.82) is 0 Å². The first kappa shape index (κ1) is 22.6. The summed E-state index contributed by atoms with van der Waals surface area (Å²) in [5, 5.41) is 10.9. The van der Waals surface area contributed by atoms with E-state index in [-0.39, 0.29) is 12.4 Å². The monoisotopic (exact) mass is 527 g/mol. The lowest BCUT2D eigenvalue weighted by atomic mass is 10.2. The number of amides is 1. The van der Waals surface area contributed by atoms with Crippen LogP contribution in [0.3, 0.4) is 0 Å². The van der Waals surface area contributed by atoms with E-state index >= 15 is 0 Å². The van der Waals surface area contributed by atoms with Crippen molar-refractivity contribution in [2.75, 3.05) is 5.32 Å². The highest BCUT2D eigenvalue weighted by atomic mass is 79.9. The van der Waals surface area contributed by atoms with E-state index in [1.807, 2.05) is 0 Å². The first-order valence-electron chi connectivity index (χ1n) is 8.24. The number of benzene rings is 1. The van der Waals surface area contributed by atoms with E-state index in [1.165, 1.54) is 4.68 Å². The maximum absolute atomic E-state index is 13.0. The second-order valence-corrected chi connectivity index (χ2v) is 7.76. The van der Waals surface area contributed by atoms with Gasteiger partial charge in [-0.1, -0.05) is 29.3 Å². The minimum Gasteiger partial charge on any atom is -0.307 e. The van der Waals surface area contributed by atoms with Gasteiger partial charge in [-0.05, 0) is 39.7 Å². The van der Waals surface area contributed by atoms with Crippen molar-refractivity contribution < 1.29 is 22.4 Å². The van der Waals surface area contributed by atoms with Crippen molar-refractivity contribution in [2.45, 2.75) is 25.9 Å². The number of aromatic nitrogens is 4. The van der Waals surface area contributed by atoms with Crippen LogP contribution in [-0.2, 0) is 17.9 Å². The van der Waals surface area contributed by atoms with Gasteiger partial charge in [-0.15, -0.1) is 0 Å². The molecule has 0 aliphatic rings. The highest BCUT2D eigenvalue weighted by Crippen LogP contribution is 2.26. The van der Waals surface area contributed by atoms with E-state index in [2.05, 4.69) is 31.4 Å². The Labute approximate surface area is 185 Å². The third-order valence-electron chi connectivity index (χ3n) is 3.89. The van der Waals surface area contributed by atoms with E-state index in [9.17, 15) is 22.4 Å². The molecule has 30 heavy (non-hydrogen) atoms. The van der Waals surface area contributed by atoms with Crippen LogP contribution in [0, 0.1) is 0 Å². The summed E-state index contributed by atoms with van der Waals surface area (Å²) in [5.41, 5.74) is -0.877. The molecule has 0 saturated heterocycles. The van der Waals surface area contributed by atoms with Gasteiger partial charge in [0, 0.05) is 16.2 Å². The summed E-state index contributed by atoms with van der Waals surface area (Å²) in [7, 11) is 0. The molecule has 0 saturated carbocycles. The molecule has 160 valence electrons. The number of hydrogen-bond donors (Lipinski definition) is 1. The fraction of sp³-hybridized carbons (Fsp3) is 0.235. The van der Waals surface area contributed by atoms with Crippen LogP contribution < -0.4 is 5.32 Å². The molecule has 0 fully saturated rings. The lowest BCUT2D eigenvalue weighted by molar-refractivity contribution is -0.117. The molecule has 2 aromatic heterocycles. The van der Waals surface area contributed by atoms with Gasteiger partial charge in [0.1, 0.15) is 17.9 Å². The second kappa shape index (κ2) is 9.36. The Balaban J connectivity index is 1.72. The van der Waals surface area contributed by atoms with Gasteiger partial charge in [0.15, 0.2) is 5.82 Å². The lowest BCUT2D eigenvalue weighted by Crippen LogP contribution is -2.21. The standard InChI is InChI=1S/C17H12BrCl2F4N5O/c18-10-6-28(5-8-1-2-9(19)3-11(8)20)27-17(10)25-14(30)7-29-13(16(23)24)4-12(26-29)15(21)22/h1-4,6,15-16H,5,7H2,(H,25,27,30). The quantitative estimate of drug-likeness (QED) is 0.399. The molecule has 0 aliphatic heterocycles. The van der Waals surface area contributed by atoms with Crippen molar-refractivity contribution in [2.24, 2.45) is 0 Å². The summed E-state index contributed by atoms with van der Waals surface area (Å²) in [4.78, 5) is 12.2. The van der Waals surface area contributed by atoms with Gasteiger partial charge in [-0.2, -0.15) is 10.2 Å². The molecule has 6 nitrogen and oxygen atoms in total. The maximum Gasteiger partial charge on any atom is 0.282 e. The first-order valence-corrected chi connectivity index (χ1v) is 9.79. The summed E-state index contributed by atoms with van der Waals surface area (Å²) in [6.45, 7) is -0.411. The third-order valence-corrected chi connectivity index (χ3v) is 5.06. The number of carbonyl (C=O) groups excluding carboxylic acids is 1. The van der Waals surface area contributed by atoms with Crippen LogP contribution in [0.15, 0.2) is 34.9 Å². The number of nitrogens with one attached hydrogen (secondary N) is 1. The minimum atomic E-state index is -3.06. The lowest BCUT2D eigenvalue weighted by Gasteiger charge is -2.07. The van der Waals surface area contributed by atoms with E-state index in [0.717, 1.165) is 5.56 Å². The van der Waals surface area contributed by atoms with Gasteiger partial charge in [0.2, 0.25) is 5.91 Å². The van der Waals surface area contributed by atoms with Crippen LogP contribution in [0.5, 0.6) is 0 Å². The normalized spacial score (nSPS) is 11.5. The van der Waals surface area contributed by atoms with Crippen LogP contribution in [0.4, 0.5) is 23.4 Å². The number of alkyl halides is 4. The number of rotatable bonds is 7. The molecule has 0 bridgehead atoms.